The average Bonchev–Trinajstić information content (AvgIpc) is 3.48. The Labute approximate surface area is 244 Å². The summed E-state index contributed by atoms with van der Waals surface area (Å²) < 4.78 is 41.6. The predicted octanol–water partition coefficient (Wildman–Crippen LogP) is 5.76. The molecule has 1 atom stereocenters. The Hall–Kier alpha value is -4.68. The lowest BCUT2D eigenvalue weighted by Gasteiger charge is -2.28. The molecule has 218 valence electrons. The Morgan fingerprint density at radius 1 is 1.10 bits per heavy atom. The van der Waals surface area contributed by atoms with E-state index in [0.717, 1.165) is 11.1 Å². The maximum Gasteiger partial charge on any atom is 0.573 e. The quantitative estimate of drug-likeness (QED) is 0.114. The second kappa shape index (κ2) is 13.3. The van der Waals surface area contributed by atoms with E-state index < -0.39 is 6.36 Å². The number of hydrogen-bond donors (Lipinski definition) is 3. The van der Waals surface area contributed by atoms with Crippen molar-refractivity contribution in [3.05, 3.63) is 124 Å². The Morgan fingerprint density at radius 3 is 2.33 bits per heavy atom. The number of allylic oxidation sites excluding steroid dienone is 3. The number of tetrazole rings is 1. The smallest absolute Gasteiger partial charge is 0.406 e. The van der Waals surface area contributed by atoms with Gasteiger partial charge in [0.1, 0.15) is 5.75 Å². The number of nitrogens with zero attached hydrogens (tertiary/aromatic N) is 4. The summed E-state index contributed by atoms with van der Waals surface area (Å²) in [6.07, 6.45) is -2.99. The Kier molecular flexibility index (Phi) is 9.60. The molecule has 0 spiro atoms. The summed E-state index contributed by atoms with van der Waals surface area (Å²) in [5.74, 6) is 6.12. The number of aromatic amines is 1. The Balaban J connectivity index is 1.52. The van der Waals surface area contributed by atoms with Crippen LogP contribution in [-0.4, -0.2) is 37.9 Å². The summed E-state index contributed by atoms with van der Waals surface area (Å²) in [6.45, 7) is 6.51. The van der Waals surface area contributed by atoms with Crippen molar-refractivity contribution in [1.29, 1.82) is 0 Å². The second-order valence-electron chi connectivity index (χ2n) is 9.28. The molecule has 0 fully saturated rings. The number of H-pyrrole nitrogens is 1. The lowest BCUT2D eigenvalue weighted by Crippen LogP contribution is -2.32. The van der Waals surface area contributed by atoms with Crippen LogP contribution < -0.4 is 15.9 Å². The summed E-state index contributed by atoms with van der Waals surface area (Å²) >= 11 is 6.08. The van der Waals surface area contributed by atoms with Crippen LogP contribution in [0.25, 0.3) is 5.57 Å². The molecule has 0 aliphatic carbocycles. The van der Waals surface area contributed by atoms with Crippen LogP contribution in [0, 0.1) is 0 Å². The highest BCUT2D eigenvalue weighted by Gasteiger charge is 2.31. The van der Waals surface area contributed by atoms with Gasteiger partial charge in [0.05, 0.1) is 13.1 Å². The molecule has 1 aromatic heterocycles. The molecule has 42 heavy (non-hydrogen) atoms. The van der Waals surface area contributed by atoms with E-state index in [2.05, 4.69) is 37.3 Å². The summed E-state index contributed by atoms with van der Waals surface area (Å²) in [6, 6.07) is 19.7. The normalized spacial score (nSPS) is 12.5. The lowest BCUT2D eigenvalue weighted by atomic mass is 9.94. The fourth-order valence-electron chi connectivity index (χ4n) is 4.08. The number of rotatable bonds is 11. The minimum Gasteiger partial charge on any atom is -0.406 e. The summed E-state index contributed by atoms with van der Waals surface area (Å²) in [5.41, 5.74) is 4.04. The molecule has 13 heteroatoms. The molecule has 0 saturated heterocycles. The first kappa shape index (κ1) is 30.3. The van der Waals surface area contributed by atoms with Crippen molar-refractivity contribution in [2.75, 3.05) is 0 Å². The van der Waals surface area contributed by atoms with Crippen LogP contribution in [-0.2, 0) is 13.1 Å². The predicted molar refractivity (Wildman–Crippen MR) is 152 cm³/mol. The molecular formula is C29H27ClF3N7O2. The van der Waals surface area contributed by atoms with Gasteiger partial charge >= 0.3 is 6.36 Å². The van der Waals surface area contributed by atoms with E-state index in [1.54, 1.807) is 47.5 Å². The topological polar surface area (TPSA) is 122 Å². The first-order valence-electron chi connectivity index (χ1n) is 12.6. The standard InChI is InChI=1S/C29H27ClF3N7O2/c1-18(21-9-13-25(14-10-21)42-29(31,32)33)15-26(19(2)22-7-11-24(30)12-8-22)40(34)17-20-3-5-23(6-4-20)28(41)35-16-27-36-38-39-37-27/h3-15,19H,1,16-17,34H2,2H3,(H,35,41)(H,36,37,38,39)/b26-15-. The van der Waals surface area contributed by atoms with Gasteiger partial charge in [-0.25, -0.2) is 5.84 Å². The first-order chi connectivity index (χ1) is 20.0. The fraction of sp³-hybridized carbons (Fsp3) is 0.172. The minimum atomic E-state index is -4.78. The summed E-state index contributed by atoms with van der Waals surface area (Å²) in [4.78, 5) is 12.5. The SMILES string of the molecule is C=C(/C=C(/C(C)c1ccc(Cl)cc1)N(N)Cc1ccc(C(=O)NCc2nn[nH]n2)cc1)c1ccc(OC(F)(F)F)cc1. The van der Waals surface area contributed by atoms with Gasteiger partial charge in [0.15, 0.2) is 5.82 Å². The molecule has 4 aromatic rings. The zero-order valence-electron chi connectivity index (χ0n) is 22.4. The molecule has 4 rings (SSSR count). The number of carbonyl (C=O) groups is 1. The number of halogens is 4. The number of nitrogens with one attached hydrogen (secondary N) is 2. The molecule has 3 aromatic carbocycles. The van der Waals surface area contributed by atoms with Crippen LogP contribution in [0.1, 0.15) is 45.7 Å². The number of benzene rings is 3. The number of amides is 1. The van der Waals surface area contributed by atoms with Gasteiger partial charge in [-0.3, -0.25) is 4.79 Å². The molecule has 1 unspecified atom stereocenters. The first-order valence-corrected chi connectivity index (χ1v) is 13.0. The molecule has 9 nitrogen and oxygen atoms in total. The van der Waals surface area contributed by atoms with Crippen LogP contribution in [0.4, 0.5) is 13.2 Å². The summed E-state index contributed by atoms with van der Waals surface area (Å²) in [7, 11) is 0. The van der Waals surface area contributed by atoms with Gasteiger partial charge < -0.3 is 15.1 Å². The van der Waals surface area contributed by atoms with E-state index in [0.29, 0.717) is 39.8 Å². The fourth-order valence-corrected chi connectivity index (χ4v) is 4.21. The third kappa shape index (κ3) is 8.41. The van der Waals surface area contributed by atoms with E-state index in [9.17, 15) is 18.0 Å². The van der Waals surface area contributed by atoms with E-state index in [1.807, 2.05) is 19.1 Å². The molecule has 4 N–H and O–H groups in total. The highest BCUT2D eigenvalue weighted by Crippen LogP contribution is 2.31. The van der Waals surface area contributed by atoms with Crippen LogP contribution in [0.15, 0.2) is 91.1 Å². The molecule has 0 saturated carbocycles. The van der Waals surface area contributed by atoms with Crippen molar-refractivity contribution in [2.45, 2.75) is 32.3 Å². The van der Waals surface area contributed by atoms with E-state index >= 15 is 0 Å². The zero-order chi connectivity index (χ0) is 30.3. The molecule has 1 amide bonds. The van der Waals surface area contributed by atoms with Crippen molar-refractivity contribution >= 4 is 23.1 Å². The number of hydrogen-bond acceptors (Lipinski definition) is 7. The molecule has 1 heterocycles. The number of alkyl halides is 3. The third-order valence-corrected chi connectivity index (χ3v) is 6.54. The number of ether oxygens (including phenoxy) is 1. The molecule has 0 aliphatic heterocycles. The number of nitrogens with two attached hydrogens (primary N) is 1. The van der Waals surface area contributed by atoms with Gasteiger partial charge in [-0.05, 0) is 64.7 Å². The maximum absolute atomic E-state index is 12.6. The van der Waals surface area contributed by atoms with Gasteiger partial charge in [-0.2, -0.15) is 5.21 Å². The van der Waals surface area contributed by atoms with Gasteiger partial charge in [-0.1, -0.05) is 66.7 Å². The molecule has 0 radical (unpaired) electrons. The van der Waals surface area contributed by atoms with Crippen LogP contribution >= 0.6 is 11.6 Å². The van der Waals surface area contributed by atoms with Crippen molar-refractivity contribution < 1.29 is 22.7 Å². The van der Waals surface area contributed by atoms with E-state index in [1.165, 1.54) is 24.3 Å². The summed E-state index contributed by atoms with van der Waals surface area (Å²) in [5, 5.41) is 18.2. The highest BCUT2D eigenvalue weighted by molar-refractivity contribution is 6.30. The minimum absolute atomic E-state index is 0.131. The van der Waals surface area contributed by atoms with E-state index in [4.69, 9.17) is 17.4 Å². The number of hydrazine groups is 1. The average molecular weight is 598 g/mol. The van der Waals surface area contributed by atoms with Crippen LogP contribution in [0.5, 0.6) is 5.75 Å². The highest BCUT2D eigenvalue weighted by atomic mass is 35.5. The van der Waals surface area contributed by atoms with Gasteiger partial charge in [0, 0.05) is 22.2 Å². The van der Waals surface area contributed by atoms with Gasteiger partial charge in [0.2, 0.25) is 0 Å². The Bertz CT molecular complexity index is 1520. The van der Waals surface area contributed by atoms with E-state index in [-0.39, 0.29) is 24.1 Å². The van der Waals surface area contributed by atoms with Crippen molar-refractivity contribution in [3.8, 4) is 5.75 Å². The maximum atomic E-state index is 12.6. The second-order valence-corrected chi connectivity index (χ2v) is 9.71. The number of carbonyl (C=O) groups excluding carboxylic acids is 1. The van der Waals surface area contributed by atoms with Crippen LogP contribution in [0.2, 0.25) is 5.02 Å². The zero-order valence-corrected chi connectivity index (χ0v) is 23.2. The Morgan fingerprint density at radius 2 is 1.74 bits per heavy atom. The molecule has 0 aliphatic rings. The molecule has 0 bridgehead atoms. The van der Waals surface area contributed by atoms with Crippen molar-refractivity contribution in [1.82, 2.24) is 30.9 Å². The molecular weight excluding hydrogens is 571 g/mol. The monoisotopic (exact) mass is 597 g/mol. The van der Waals surface area contributed by atoms with Gasteiger partial charge in [0.25, 0.3) is 5.91 Å². The third-order valence-electron chi connectivity index (χ3n) is 6.29. The van der Waals surface area contributed by atoms with Crippen molar-refractivity contribution in [3.63, 3.8) is 0 Å². The van der Waals surface area contributed by atoms with Crippen LogP contribution in [0.3, 0.4) is 0 Å². The largest absolute Gasteiger partial charge is 0.573 e. The van der Waals surface area contributed by atoms with Crippen molar-refractivity contribution in [2.24, 2.45) is 5.84 Å². The number of aromatic nitrogens is 4. The lowest BCUT2D eigenvalue weighted by molar-refractivity contribution is -0.274. The van der Waals surface area contributed by atoms with Gasteiger partial charge in [-0.15, -0.1) is 23.4 Å².